The molecule has 0 saturated carbocycles. The van der Waals surface area contributed by atoms with Crippen LogP contribution in [0.3, 0.4) is 0 Å². The zero-order chi connectivity index (χ0) is 15.8. The minimum absolute atomic E-state index is 0.279. The van der Waals surface area contributed by atoms with E-state index in [0.29, 0.717) is 6.42 Å². The fourth-order valence-electron chi connectivity index (χ4n) is 1.38. The average Bonchev–Trinajstić information content (AvgIpc) is 2.34. The molecule has 0 aliphatic heterocycles. The molecule has 0 rings (SSSR count). The Kier molecular flexibility index (Phi) is 11.3. The summed E-state index contributed by atoms with van der Waals surface area (Å²) < 4.78 is 21.9. The van der Waals surface area contributed by atoms with Crippen molar-refractivity contribution >= 4 is 69.4 Å². The molecule has 2 atom stereocenters. The first-order chi connectivity index (χ1) is 9.26. The van der Waals surface area contributed by atoms with Gasteiger partial charge in [0.2, 0.25) is 0 Å². The van der Waals surface area contributed by atoms with E-state index in [-0.39, 0.29) is 6.54 Å². The second kappa shape index (κ2) is 10.7. The van der Waals surface area contributed by atoms with Crippen LogP contribution in [0.25, 0.3) is 0 Å². The summed E-state index contributed by atoms with van der Waals surface area (Å²) >= 11 is 21.7. The number of hydrogen-bond acceptors (Lipinski definition) is 4. The minimum atomic E-state index is -2.55. The molecule has 0 aliphatic carbocycles. The Morgan fingerprint density at radius 1 is 1.45 bits per heavy atom. The molecule has 0 bridgehead atoms. The number of halogens is 4. The Morgan fingerprint density at radius 3 is 2.45 bits per heavy atom. The lowest BCUT2D eigenvalue weighted by atomic mass is 10.2. The molecule has 0 radical (unpaired) electrons. The lowest BCUT2D eigenvalue weighted by molar-refractivity contribution is 0.381. The number of unbranched alkanes of at least 4 members (excludes halogenated alkanes) is 2. The second-order valence-electron chi connectivity index (χ2n) is 3.88. The molecule has 0 heterocycles. The van der Waals surface area contributed by atoms with Crippen LogP contribution < -0.4 is 0 Å². The van der Waals surface area contributed by atoms with Crippen molar-refractivity contribution in [1.82, 2.24) is 4.31 Å². The normalized spacial score (nSPS) is 15.3. The van der Waals surface area contributed by atoms with Gasteiger partial charge >= 0.3 is 0 Å². The van der Waals surface area contributed by atoms with Crippen molar-refractivity contribution in [2.24, 2.45) is 0 Å². The molecule has 0 fully saturated rings. The molecule has 0 amide bonds. The van der Waals surface area contributed by atoms with E-state index in [0.717, 1.165) is 35.3 Å². The fourth-order valence-corrected chi connectivity index (χ4v) is 4.05. The van der Waals surface area contributed by atoms with Crippen LogP contribution in [0, 0.1) is 11.3 Å². The number of alkyl halides is 4. The van der Waals surface area contributed by atoms with Gasteiger partial charge in [0.15, 0.2) is 3.67 Å². The monoisotopic (exact) mass is 399 g/mol. The van der Waals surface area contributed by atoms with Crippen LogP contribution in [0.4, 0.5) is 0 Å². The van der Waals surface area contributed by atoms with E-state index >= 15 is 0 Å². The fraction of sp³-hybridized carbons (Fsp3) is 0.900. The lowest BCUT2D eigenvalue weighted by Gasteiger charge is -2.34. The molecule has 10 heteroatoms. The third-order valence-corrected chi connectivity index (χ3v) is 6.88. The number of thioether (sulfide) groups is 1. The molecule has 0 saturated heterocycles. The quantitative estimate of drug-likeness (QED) is 0.181. The summed E-state index contributed by atoms with van der Waals surface area (Å²) in [6.07, 6.45) is 3.21. The van der Waals surface area contributed by atoms with Crippen molar-refractivity contribution in [3.05, 3.63) is 0 Å². The van der Waals surface area contributed by atoms with Crippen molar-refractivity contribution in [1.29, 1.82) is 5.26 Å². The molecule has 0 aliphatic rings. The number of rotatable bonds is 10. The average molecular weight is 401 g/mol. The summed E-state index contributed by atoms with van der Waals surface area (Å²) in [6, 6.07) is 1.80. The summed E-state index contributed by atoms with van der Waals surface area (Å²) in [5.74, 6) is 0. The van der Waals surface area contributed by atoms with Crippen molar-refractivity contribution in [2.75, 3.05) is 6.54 Å². The Bertz CT molecular complexity index is 353. The zero-order valence-corrected chi connectivity index (χ0v) is 15.4. The van der Waals surface area contributed by atoms with E-state index in [1.54, 1.807) is 6.07 Å². The summed E-state index contributed by atoms with van der Waals surface area (Å²) in [7, 11) is 0. The highest BCUT2D eigenvalue weighted by Crippen LogP contribution is 2.46. The van der Waals surface area contributed by atoms with E-state index in [2.05, 4.69) is 0 Å². The maximum Gasteiger partial charge on any atom is 0.194 e. The third-order valence-electron chi connectivity index (χ3n) is 2.34. The van der Waals surface area contributed by atoms with Gasteiger partial charge in [-0.3, -0.25) is 4.21 Å². The number of nitrogens with zero attached hydrogens (tertiary/aromatic N) is 2. The van der Waals surface area contributed by atoms with E-state index in [9.17, 15) is 8.76 Å². The van der Waals surface area contributed by atoms with Crippen molar-refractivity contribution in [2.45, 2.75) is 46.5 Å². The van der Waals surface area contributed by atoms with Gasteiger partial charge in [0.05, 0.1) is 18.0 Å². The first-order valence-electron chi connectivity index (χ1n) is 5.83. The largest absolute Gasteiger partial charge is 0.760 e. The molecule has 118 valence electrons. The SMILES string of the molecule is CCCCCC(SC(Cl)(Cl)C(Cl)Cl)N(CC#N)S(=O)[O-]. The Balaban J connectivity index is 4.95. The molecule has 0 aromatic rings. The molecule has 0 aromatic heterocycles. The Labute approximate surface area is 146 Å². The first kappa shape index (κ1) is 21.1. The van der Waals surface area contributed by atoms with E-state index < -0.39 is 25.1 Å². The first-order valence-corrected chi connectivity index (χ1v) is 9.37. The maximum absolute atomic E-state index is 11.2. The smallest absolute Gasteiger partial charge is 0.194 e. The second-order valence-corrected chi connectivity index (χ2v) is 9.14. The molecular weight excluding hydrogens is 386 g/mol. The molecule has 4 nitrogen and oxygen atoms in total. The van der Waals surface area contributed by atoms with Crippen LogP contribution in [-0.4, -0.2) is 33.5 Å². The van der Waals surface area contributed by atoms with Gasteiger partial charge < -0.3 is 4.55 Å². The summed E-state index contributed by atoms with van der Waals surface area (Å²) in [6.45, 7) is 1.75. The predicted molar refractivity (Wildman–Crippen MR) is 86.7 cm³/mol. The van der Waals surface area contributed by atoms with Crippen LogP contribution in [0.15, 0.2) is 0 Å². The highest BCUT2D eigenvalue weighted by molar-refractivity contribution is 8.04. The van der Waals surface area contributed by atoms with Gasteiger partial charge in [-0.25, -0.2) is 4.31 Å². The Hall–Kier alpha value is 1.07. The molecule has 0 spiro atoms. The predicted octanol–water partition coefficient (Wildman–Crippen LogP) is 4.18. The summed E-state index contributed by atoms with van der Waals surface area (Å²) in [4.78, 5) is -1.09. The minimum Gasteiger partial charge on any atom is -0.760 e. The molecule has 0 aromatic carbocycles. The summed E-state index contributed by atoms with van der Waals surface area (Å²) in [5.41, 5.74) is 0. The topological polar surface area (TPSA) is 67.2 Å². The Morgan fingerprint density at radius 2 is 2.05 bits per heavy atom. The van der Waals surface area contributed by atoms with E-state index in [1.807, 2.05) is 6.92 Å². The highest BCUT2D eigenvalue weighted by Gasteiger charge is 2.38. The van der Waals surface area contributed by atoms with Gasteiger partial charge in [0.1, 0.15) is 4.84 Å². The maximum atomic E-state index is 11.2. The van der Waals surface area contributed by atoms with Crippen molar-refractivity contribution in [3.8, 4) is 6.07 Å². The lowest BCUT2D eigenvalue weighted by Crippen LogP contribution is -2.38. The number of nitriles is 1. The zero-order valence-electron chi connectivity index (χ0n) is 10.7. The van der Waals surface area contributed by atoms with Gasteiger partial charge in [-0.15, -0.1) is 35.0 Å². The van der Waals surface area contributed by atoms with Gasteiger partial charge in [0.25, 0.3) is 0 Å². The van der Waals surface area contributed by atoms with Crippen LogP contribution >= 0.6 is 58.2 Å². The van der Waals surface area contributed by atoms with Gasteiger partial charge in [-0.1, -0.05) is 49.4 Å². The van der Waals surface area contributed by atoms with Gasteiger partial charge in [0, 0.05) is 11.3 Å². The van der Waals surface area contributed by atoms with Gasteiger partial charge in [-0.05, 0) is 6.42 Å². The van der Waals surface area contributed by atoms with Crippen LogP contribution in [0.1, 0.15) is 32.6 Å². The standard InChI is InChI=1S/C10H16Cl4N2O2S2/c1-2-3-4-5-8(16(7-6-15)20(17)18)19-10(13,14)9(11)12/h8-9H,2-5,7H2,1H3,(H,17,18)/p-1. The van der Waals surface area contributed by atoms with E-state index in [1.165, 1.54) is 0 Å². The molecule has 0 N–H and O–H groups in total. The third kappa shape index (κ3) is 7.90. The van der Waals surface area contributed by atoms with Crippen molar-refractivity contribution in [3.63, 3.8) is 0 Å². The molecule has 20 heavy (non-hydrogen) atoms. The van der Waals surface area contributed by atoms with E-state index in [4.69, 9.17) is 51.7 Å². The molecule has 2 unspecified atom stereocenters. The number of hydrogen-bond donors (Lipinski definition) is 0. The van der Waals surface area contributed by atoms with Crippen LogP contribution in [0.2, 0.25) is 0 Å². The van der Waals surface area contributed by atoms with Crippen LogP contribution in [0.5, 0.6) is 0 Å². The van der Waals surface area contributed by atoms with Gasteiger partial charge in [-0.2, -0.15) is 5.26 Å². The summed E-state index contributed by atoms with van der Waals surface area (Å²) in [5, 5.41) is 8.13. The van der Waals surface area contributed by atoms with Crippen LogP contribution in [-0.2, 0) is 11.3 Å². The van der Waals surface area contributed by atoms with Crippen molar-refractivity contribution < 1.29 is 8.76 Å². The molecular formula is C10H15Cl4N2O2S2-. The highest BCUT2D eigenvalue weighted by atomic mass is 35.5.